The van der Waals surface area contributed by atoms with Crippen LogP contribution in [0.3, 0.4) is 0 Å². The van der Waals surface area contributed by atoms with Gasteiger partial charge in [-0.3, -0.25) is 0 Å². The third-order valence-corrected chi connectivity index (χ3v) is 4.62. The maximum atomic E-state index is 13.1. The zero-order chi connectivity index (χ0) is 20.7. The first-order chi connectivity index (χ1) is 13.0. The molecule has 0 amide bonds. The molecule has 0 spiro atoms. The van der Waals surface area contributed by atoms with Gasteiger partial charge in [-0.2, -0.15) is 13.2 Å². The molecule has 152 valence electrons. The van der Waals surface area contributed by atoms with Crippen molar-refractivity contribution in [2.24, 2.45) is 0 Å². The zero-order valence-electron chi connectivity index (χ0n) is 14.7. The second-order valence-corrected chi connectivity index (χ2v) is 6.70. The van der Waals surface area contributed by atoms with E-state index in [1.807, 2.05) is 0 Å². The van der Waals surface area contributed by atoms with Gasteiger partial charge in [0.2, 0.25) is 5.95 Å². The number of nitrogens with zero attached hydrogens (tertiary/aromatic N) is 4. The summed E-state index contributed by atoms with van der Waals surface area (Å²) in [5, 5.41) is 27.7. The van der Waals surface area contributed by atoms with Crippen molar-refractivity contribution < 1.29 is 32.2 Å². The number of halogens is 5. The fourth-order valence-electron chi connectivity index (χ4n) is 3.10. The highest BCUT2D eigenvalue weighted by atomic mass is 19.4. The molecule has 2 heterocycles. The van der Waals surface area contributed by atoms with E-state index in [-0.39, 0.29) is 35.9 Å². The molecule has 1 saturated heterocycles. The van der Waals surface area contributed by atoms with E-state index in [0.717, 1.165) is 12.1 Å². The molecule has 0 bridgehead atoms. The molecule has 1 aromatic heterocycles. The summed E-state index contributed by atoms with van der Waals surface area (Å²) in [5.41, 5.74) is -2.86. The summed E-state index contributed by atoms with van der Waals surface area (Å²) < 4.78 is 64.3. The summed E-state index contributed by atoms with van der Waals surface area (Å²) in [5.74, 6) is -0.613. The third kappa shape index (κ3) is 3.84. The smallest absolute Gasteiger partial charge is 0.416 e. The van der Waals surface area contributed by atoms with E-state index >= 15 is 0 Å². The fourth-order valence-corrected chi connectivity index (χ4v) is 3.10. The van der Waals surface area contributed by atoms with Gasteiger partial charge < -0.3 is 15.1 Å². The number of aromatic hydroxyl groups is 1. The van der Waals surface area contributed by atoms with Crippen molar-refractivity contribution in [1.82, 2.24) is 15.2 Å². The quantitative estimate of drug-likeness (QED) is 0.765. The number of aryl methyl sites for hydroxylation is 1. The molecular weight excluding hydrogens is 387 g/mol. The van der Waals surface area contributed by atoms with E-state index in [0.29, 0.717) is 19.0 Å². The molecule has 6 nitrogen and oxygen atoms in total. The lowest BCUT2D eigenvalue weighted by atomic mass is 9.93. The van der Waals surface area contributed by atoms with Gasteiger partial charge in [0.05, 0.1) is 17.8 Å². The van der Waals surface area contributed by atoms with Gasteiger partial charge in [-0.25, -0.2) is 13.8 Å². The van der Waals surface area contributed by atoms with Gasteiger partial charge in [-0.15, -0.1) is 10.2 Å². The van der Waals surface area contributed by atoms with E-state index in [1.54, 1.807) is 0 Å². The number of anilines is 1. The molecule has 1 aliphatic rings. The van der Waals surface area contributed by atoms with Crippen LogP contribution in [0.4, 0.5) is 27.9 Å². The van der Waals surface area contributed by atoms with Crippen LogP contribution in [0.1, 0.15) is 24.1 Å². The van der Waals surface area contributed by atoms with Crippen molar-refractivity contribution in [2.75, 3.05) is 18.0 Å². The van der Waals surface area contributed by atoms with Crippen LogP contribution in [0.2, 0.25) is 0 Å². The highest BCUT2D eigenvalue weighted by Crippen LogP contribution is 2.37. The van der Waals surface area contributed by atoms with Crippen LogP contribution in [0.15, 0.2) is 18.2 Å². The zero-order valence-corrected chi connectivity index (χ0v) is 14.7. The SMILES string of the molecule is Cc1nc(N2CCC[C@@](O)(C(F)F)C2)nnc1-c1ccc(C(F)(F)F)cc1O. The number of β-amino-alcohol motifs (C(OH)–C–C–N with tert-alkyl or cyclic N) is 1. The minimum atomic E-state index is -4.60. The van der Waals surface area contributed by atoms with Crippen molar-refractivity contribution in [3.05, 3.63) is 29.5 Å². The normalized spacial score (nSPS) is 20.6. The number of piperidine rings is 1. The summed E-state index contributed by atoms with van der Waals surface area (Å²) in [6.45, 7) is 1.49. The Morgan fingerprint density at radius 3 is 2.50 bits per heavy atom. The molecule has 1 atom stereocenters. The third-order valence-electron chi connectivity index (χ3n) is 4.62. The second-order valence-electron chi connectivity index (χ2n) is 6.70. The predicted molar refractivity (Wildman–Crippen MR) is 89.1 cm³/mol. The van der Waals surface area contributed by atoms with Gasteiger partial charge in [0.1, 0.15) is 17.0 Å². The van der Waals surface area contributed by atoms with Crippen LogP contribution in [0, 0.1) is 6.92 Å². The number of hydrogen-bond donors (Lipinski definition) is 2. The van der Waals surface area contributed by atoms with Crippen LogP contribution in [0.5, 0.6) is 5.75 Å². The minimum absolute atomic E-state index is 0.0137. The maximum absolute atomic E-state index is 13.1. The molecule has 1 aliphatic heterocycles. The molecule has 0 aliphatic carbocycles. The van der Waals surface area contributed by atoms with Crippen molar-refractivity contribution >= 4 is 5.95 Å². The number of hydrogen-bond acceptors (Lipinski definition) is 6. The molecule has 3 rings (SSSR count). The summed E-state index contributed by atoms with van der Waals surface area (Å²) >= 11 is 0. The number of alkyl halides is 5. The lowest BCUT2D eigenvalue weighted by molar-refractivity contribution is -0.137. The average Bonchev–Trinajstić information content (AvgIpc) is 2.61. The van der Waals surface area contributed by atoms with Gasteiger partial charge in [-0.05, 0) is 38.0 Å². The van der Waals surface area contributed by atoms with Crippen LogP contribution >= 0.6 is 0 Å². The molecule has 0 saturated carbocycles. The van der Waals surface area contributed by atoms with Gasteiger partial charge in [-0.1, -0.05) is 0 Å². The van der Waals surface area contributed by atoms with Crippen molar-refractivity contribution in [1.29, 1.82) is 0 Å². The fraction of sp³-hybridized carbons (Fsp3) is 0.471. The molecule has 2 N–H and O–H groups in total. The summed E-state index contributed by atoms with van der Waals surface area (Å²) in [6, 6.07) is 2.45. The topological polar surface area (TPSA) is 82.4 Å². The summed E-state index contributed by atoms with van der Waals surface area (Å²) in [6.07, 6.45) is -7.27. The number of phenolic OH excluding ortho intramolecular Hbond substituents is 1. The molecule has 1 aromatic carbocycles. The first kappa shape index (κ1) is 20.2. The first-order valence-corrected chi connectivity index (χ1v) is 8.38. The lowest BCUT2D eigenvalue weighted by Crippen LogP contribution is -2.53. The van der Waals surface area contributed by atoms with Crippen molar-refractivity contribution in [3.63, 3.8) is 0 Å². The Kier molecular flexibility index (Phi) is 5.13. The Labute approximate surface area is 156 Å². The number of benzene rings is 1. The van der Waals surface area contributed by atoms with E-state index in [2.05, 4.69) is 15.2 Å². The Morgan fingerprint density at radius 1 is 1.21 bits per heavy atom. The molecule has 11 heteroatoms. The van der Waals surface area contributed by atoms with E-state index in [1.165, 1.54) is 11.8 Å². The monoisotopic (exact) mass is 404 g/mol. The van der Waals surface area contributed by atoms with E-state index in [4.69, 9.17) is 0 Å². The van der Waals surface area contributed by atoms with Crippen LogP contribution < -0.4 is 4.90 Å². The van der Waals surface area contributed by atoms with Gasteiger partial charge >= 0.3 is 6.18 Å². The number of rotatable bonds is 3. The molecule has 1 fully saturated rings. The average molecular weight is 404 g/mol. The molecular formula is C17H17F5N4O2. The standard InChI is InChI=1S/C17H17F5N4O2/c1-9-13(11-4-3-10(7-12(11)27)17(20,21)22)24-25-15(23-9)26-6-2-5-16(28,8-26)14(18)19/h3-4,7,14,27-28H,2,5-6,8H2,1H3/t16-/m0/s1. The predicted octanol–water partition coefficient (Wildman–Crippen LogP) is 3.17. The van der Waals surface area contributed by atoms with Crippen LogP contribution in [0.25, 0.3) is 11.3 Å². The minimum Gasteiger partial charge on any atom is -0.507 e. The van der Waals surface area contributed by atoms with Gasteiger partial charge in [0, 0.05) is 12.1 Å². The number of phenols is 1. The number of aromatic nitrogens is 3. The maximum Gasteiger partial charge on any atom is 0.416 e. The van der Waals surface area contributed by atoms with Crippen LogP contribution in [-0.2, 0) is 6.18 Å². The lowest BCUT2D eigenvalue weighted by Gasteiger charge is -2.38. The molecule has 0 unspecified atom stereocenters. The highest BCUT2D eigenvalue weighted by molar-refractivity contribution is 5.69. The Bertz CT molecular complexity index is 877. The Hall–Kier alpha value is -2.56. The van der Waals surface area contributed by atoms with E-state index < -0.39 is 29.5 Å². The van der Waals surface area contributed by atoms with Crippen LogP contribution in [-0.4, -0.2) is 50.5 Å². The van der Waals surface area contributed by atoms with Crippen molar-refractivity contribution in [3.8, 4) is 17.0 Å². The number of aliphatic hydroxyl groups is 1. The van der Waals surface area contributed by atoms with Gasteiger partial charge in [0.25, 0.3) is 6.43 Å². The molecule has 2 aromatic rings. The summed E-state index contributed by atoms with van der Waals surface area (Å²) in [4.78, 5) is 5.55. The Balaban J connectivity index is 1.89. The second kappa shape index (κ2) is 7.12. The Morgan fingerprint density at radius 2 is 1.93 bits per heavy atom. The van der Waals surface area contributed by atoms with Crippen molar-refractivity contribution in [2.45, 2.75) is 38.0 Å². The first-order valence-electron chi connectivity index (χ1n) is 8.38. The van der Waals surface area contributed by atoms with E-state index in [9.17, 15) is 32.2 Å². The molecule has 0 radical (unpaired) electrons. The summed E-state index contributed by atoms with van der Waals surface area (Å²) in [7, 11) is 0. The highest BCUT2D eigenvalue weighted by Gasteiger charge is 2.42. The largest absolute Gasteiger partial charge is 0.507 e. The van der Waals surface area contributed by atoms with Gasteiger partial charge in [0.15, 0.2) is 0 Å². The molecule has 28 heavy (non-hydrogen) atoms.